The second-order valence-corrected chi connectivity index (χ2v) is 19.3. The molecule has 0 aliphatic heterocycles. The Kier molecular flexibility index (Phi) is 10.9. The van der Waals surface area contributed by atoms with Gasteiger partial charge in [0.25, 0.3) is 0 Å². The molecule has 0 radical (unpaired) electrons. The predicted octanol–water partition coefficient (Wildman–Crippen LogP) is 18.8. The number of nitriles is 1. The number of para-hydroxylation sites is 2. The van der Waals surface area contributed by atoms with Crippen LogP contribution in [0.1, 0.15) is 5.56 Å². The lowest BCUT2D eigenvalue weighted by Crippen LogP contribution is -2.04. The average molecular weight is 967 g/mol. The molecule has 4 nitrogen and oxygen atoms in total. The Balaban J connectivity index is 1.08. The molecule has 0 saturated carbocycles. The lowest BCUT2D eigenvalue weighted by atomic mass is 9.94. The van der Waals surface area contributed by atoms with E-state index in [-0.39, 0.29) is 0 Å². The number of aromatic nitrogens is 3. The van der Waals surface area contributed by atoms with Crippen molar-refractivity contribution >= 4 is 43.6 Å². The van der Waals surface area contributed by atoms with Crippen molar-refractivity contribution in [2.24, 2.45) is 0 Å². The largest absolute Gasteiger partial charge is 0.309 e. The Hall–Kier alpha value is -10.3. The van der Waals surface area contributed by atoms with Gasteiger partial charge in [0.1, 0.15) is 6.07 Å². The third-order valence-electron chi connectivity index (χ3n) is 15.0. The van der Waals surface area contributed by atoms with Gasteiger partial charge >= 0.3 is 0 Å². The molecule has 0 bridgehead atoms. The molecular weight excluding hydrogens is 921 g/mol. The van der Waals surface area contributed by atoms with Crippen molar-refractivity contribution in [2.75, 3.05) is 0 Å². The number of hydrogen-bond acceptors (Lipinski definition) is 2. The summed E-state index contributed by atoms with van der Waals surface area (Å²) in [6.07, 6.45) is 0. The van der Waals surface area contributed by atoms with Crippen LogP contribution in [0, 0.1) is 11.3 Å². The summed E-state index contributed by atoms with van der Waals surface area (Å²) < 4.78 is 4.70. The molecule has 0 aliphatic carbocycles. The van der Waals surface area contributed by atoms with Crippen LogP contribution >= 0.6 is 0 Å². The van der Waals surface area contributed by atoms with Crippen LogP contribution in [0.5, 0.6) is 0 Å². The van der Waals surface area contributed by atoms with E-state index >= 15 is 0 Å². The summed E-state index contributed by atoms with van der Waals surface area (Å²) in [5.74, 6) is 0. The van der Waals surface area contributed by atoms with E-state index in [2.05, 4.69) is 282 Å². The number of pyridine rings is 1. The molecule has 0 amide bonds. The van der Waals surface area contributed by atoms with Crippen LogP contribution in [0.2, 0.25) is 0 Å². The van der Waals surface area contributed by atoms with Crippen molar-refractivity contribution in [1.82, 2.24) is 14.1 Å². The Morgan fingerprint density at radius 3 is 1.08 bits per heavy atom. The Bertz CT molecular complexity index is 4510. The first-order valence-corrected chi connectivity index (χ1v) is 25.8. The second kappa shape index (κ2) is 18.6. The fraction of sp³-hybridized carbons (Fsp3) is 0. The van der Waals surface area contributed by atoms with Crippen LogP contribution in [-0.4, -0.2) is 14.1 Å². The number of rotatable bonds is 9. The summed E-state index contributed by atoms with van der Waals surface area (Å²) in [4.78, 5) is 5.36. The van der Waals surface area contributed by atoms with E-state index in [4.69, 9.17) is 4.98 Å². The fourth-order valence-corrected chi connectivity index (χ4v) is 11.5. The van der Waals surface area contributed by atoms with Crippen LogP contribution < -0.4 is 0 Å². The normalized spacial score (nSPS) is 11.4. The van der Waals surface area contributed by atoms with Gasteiger partial charge in [-0.2, -0.15) is 5.26 Å². The number of benzene rings is 11. The summed E-state index contributed by atoms with van der Waals surface area (Å²) in [7, 11) is 0. The summed E-state index contributed by atoms with van der Waals surface area (Å²) in [6, 6.07) is 102. The van der Waals surface area contributed by atoms with Gasteiger partial charge in [0.05, 0.1) is 50.4 Å². The van der Waals surface area contributed by atoms with Crippen LogP contribution in [0.15, 0.2) is 279 Å². The van der Waals surface area contributed by atoms with Crippen LogP contribution in [0.3, 0.4) is 0 Å². The SMILES string of the molecule is N#Cc1cc(-n2c3ccccc3c3ccc(-c4ccccc4-c4ccccc4)cc32)c(-c2cc(-c3ccccc3)nc(-c3ccccc3)c2)cc1-n1c2ccccc2c2ccc(-c3ccccc3-c3ccccc3)cc21. The molecule has 14 rings (SSSR count). The zero-order chi connectivity index (χ0) is 50.5. The molecule has 3 heterocycles. The number of hydrogen-bond donors (Lipinski definition) is 0. The van der Waals surface area contributed by atoms with Crippen molar-refractivity contribution in [3.63, 3.8) is 0 Å². The maximum atomic E-state index is 11.7. The zero-order valence-electron chi connectivity index (χ0n) is 41.3. The molecule has 0 fully saturated rings. The van der Waals surface area contributed by atoms with Crippen molar-refractivity contribution in [1.29, 1.82) is 5.26 Å². The maximum Gasteiger partial charge on any atom is 0.101 e. The molecular formula is C72H46N4. The van der Waals surface area contributed by atoms with Gasteiger partial charge in [0.15, 0.2) is 0 Å². The molecule has 0 N–H and O–H groups in total. The molecule has 14 aromatic rings. The van der Waals surface area contributed by atoms with Gasteiger partial charge in [-0.15, -0.1) is 0 Å². The van der Waals surface area contributed by atoms with Crippen molar-refractivity contribution in [3.05, 3.63) is 285 Å². The minimum absolute atomic E-state index is 0.550. The highest BCUT2D eigenvalue weighted by molar-refractivity contribution is 6.13. The average Bonchev–Trinajstić information content (AvgIpc) is 4.07. The van der Waals surface area contributed by atoms with Crippen LogP contribution in [-0.2, 0) is 0 Å². The molecule has 76 heavy (non-hydrogen) atoms. The molecule has 0 spiro atoms. The summed E-state index contributed by atoms with van der Waals surface area (Å²) in [5.41, 5.74) is 21.1. The molecule has 354 valence electrons. The predicted molar refractivity (Wildman–Crippen MR) is 316 cm³/mol. The lowest BCUT2D eigenvalue weighted by molar-refractivity contribution is 1.13. The van der Waals surface area contributed by atoms with Crippen LogP contribution in [0.4, 0.5) is 0 Å². The first-order chi connectivity index (χ1) is 37.7. The van der Waals surface area contributed by atoms with E-state index in [9.17, 15) is 5.26 Å². The smallest absolute Gasteiger partial charge is 0.101 e. The minimum atomic E-state index is 0.550. The van der Waals surface area contributed by atoms with Crippen molar-refractivity contribution in [2.45, 2.75) is 0 Å². The second-order valence-electron chi connectivity index (χ2n) is 19.3. The van der Waals surface area contributed by atoms with Gasteiger partial charge in [0.2, 0.25) is 0 Å². The van der Waals surface area contributed by atoms with E-state index < -0.39 is 0 Å². The quantitative estimate of drug-likeness (QED) is 0.145. The summed E-state index contributed by atoms with van der Waals surface area (Å²) >= 11 is 0. The third kappa shape index (κ3) is 7.57. The topological polar surface area (TPSA) is 46.5 Å². The maximum absolute atomic E-state index is 11.7. The first-order valence-electron chi connectivity index (χ1n) is 25.8. The first kappa shape index (κ1) is 44.4. The Morgan fingerprint density at radius 1 is 0.263 bits per heavy atom. The summed E-state index contributed by atoms with van der Waals surface area (Å²) in [6.45, 7) is 0. The lowest BCUT2D eigenvalue weighted by Gasteiger charge is -2.20. The van der Waals surface area contributed by atoms with Gasteiger partial charge in [-0.05, 0) is 98.6 Å². The number of fused-ring (bicyclic) bond motifs is 6. The highest BCUT2D eigenvalue weighted by atomic mass is 15.0. The Labute approximate surface area is 440 Å². The molecule has 0 atom stereocenters. The minimum Gasteiger partial charge on any atom is -0.309 e. The highest BCUT2D eigenvalue weighted by Crippen LogP contribution is 2.45. The Morgan fingerprint density at radius 2 is 0.632 bits per heavy atom. The molecule has 0 aliphatic rings. The van der Waals surface area contributed by atoms with Gasteiger partial charge < -0.3 is 9.13 Å². The number of nitrogens with zero attached hydrogens (tertiary/aromatic N) is 4. The molecule has 3 aromatic heterocycles. The zero-order valence-corrected chi connectivity index (χ0v) is 41.3. The monoisotopic (exact) mass is 966 g/mol. The van der Waals surface area contributed by atoms with Gasteiger partial charge in [0, 0.05) is 38.2 Å². The molecule has 0 unspecified atom stereocenters. The van der Waals surface area contributed by atoms with Gasteiger partial charge in [-0.25, -0.2) is 4.98 Å². The van der Waals surface area contributed by atoms with Crippen molar-refractivity contribution < 1.29 is 0 Å². The highest BCUT2D eigenvalue weighted by Gasteiger charge is 2.24. The third-order valence-corrected chi connectivity index (χ3v) is 15.0. The molecule has 4 heteroatoms. The van der Waals surface area contributed by atoms with Crippen molar-refractivity contribution in [3.8, 4) is 95.6 Å². The van der Waals surface area contributed by atoms with E-state index in [1.807, 2.05) is 12.1 Å². The van der Waals surface area contributed by atoms with Crippen LogP contribution in [0.25, 0.3) is 133 Å². The van der Waals surface area contributed by atoms with E-state index in [0.29, 0.717) is 5.56 Å². The van der Waals surface area contributed by atoms with E-state index in [1.54, 1.807) is 0 Å². The van der Waals surface area contributed by atoms with Gasteiger partial charge in [-0.3, -0.25) is 0 Å². The molecule has 11 aromatic carbocycles. The van der Waals surface area contributed by atoms with Gasteiger partial charge in [-0.1, -0.05) is 231 Å². The summed E-state index contributed by atoms with van der Waals surface area (Å²) in [5, 5.41) is 16.2. The van der Waals surface area contributed by atoms with E-state index in [0.717, 1.165) is 128 Å². The van der Waals surface area contributed by atoms with E-state index in [1.165, 1.54) is 5.56 Å². The standard InChI is InChI=1S/C72H46N4/c73-47-55-45-72(76-68-36-20-18-34-61(68)63-40-38-53(44-71(63)76)59-32-16-14-30-57(59)49-23-7-2-8-24-49)64(54-41-65(50-25-9-3-10-26-50)74-66(42-54)51-27-11-4-12-28-51)46-69(55)75-67-35-19-17-33-60(67)62-39-37-52(43-70(62)75)58-31-15-13-29-56(58)48-21-5-1-6-22-48/h1-46H. The molecule has 0 saturated heterocycles. The fourth-order valence-electron chi connectivity index (χ4n) is 11.5.